The molecule has 0 spiro atoms. The van der Waals surface area contributed by atoms with Gasteiger partial charge in [-0.05, 0) is 30.7 Å². The van der Waals surface area contributed by atoms with Gasteiger partial charge in [-0.3, -0.25) is 10.1 Å². The lowest BCUT2D eigenvalue weighted by atomic mass is 10.1. The molecule has 0 aliphatic carbocycles. The zero-order valence-electron chi connectivity index (χ0n) is 12.9. The zero-order valence-corrected chi connectivity index (χ0v) is 14.4. The van der Waals surface area contributed by atoms with E-state index in [2.05, 4.69) is 5.32 Å². The molecule has 126 valence electrons. The van der Waals surface area contributed by atoms with Crippen molar-refractivity contribution in [3.8, 4) is 16.9 Å². The fraction of sp³-hybridized carbons (Fsp3) is 0.118. The average Bonchev–Trinajstić information content (AvgIpc) is 3.20. The lowest BCUT2D eigenvalue weighted by Gasteiger charge is -2.06. The number of anilines is 1. The van der Waals surface area contributed by atoms with Crippen LogP contribution in [0.4, 0.5) is 11.5 Å². The predicted molar refractivity (Wildman–Crippen MR) is 97.9 cm³/mol. The maximum atomic E-state index is 10.8. The van der Waals surface area contributed by atoms with Gasteiger partial charge in [-0.1, -0.05) is 29.3 Å². The maximum absolute atomic E-state index is 10.8. The van der Waals surface area contributed by atoms with Gasteiger partial charge < -0.3 is 5.32 Å². The van der Waals surface area contributed by atoms with E-state index in [0.717, 1.165) is 41.3 Å². The number of aromatic nitrogens is 2. The number of hydrogen-bond donors (Lipinski definition) is 1. The molecule has 0 saturated carbocycles. The molecule has 1 aliphatic rings. The van der Waals surface area contributed by atoms with E-state index in [4.69, 9.17) is 28.3 Å². The molecule has 0 amide bonds. The summed E-state index contributed by atoms with van der Waals surface area (Å²) in [4.78, 5) is 10.4. The van der Waals surface area contributed by atoms with E-state index in [-0.39, 0.29) is 5.69 Å². The molecular weight excluding hydrogens is 363 g/mol. The predicted octanol–water partition coefficient (Wildman–Crippen LogP) is 4.72. The zero-order chi connectivity index (χ0) is 17.6. The molecule has 4 rings (SSSR count). The Kier molecular flexibility index (Phi) is 3.86. The van der Waals surface area contributed by atoms with Crippen molar-refractivity contribution < 1.29 is 4.92 Å². The molecule has 0 atom stereocenters. The minimum Gasteiger partial charge on any atom is -0.369 e. The van der Waals surface area contributed by atoms with Crippen LogP contribution >= 0.6 is 23.2 Å². The van der Waals surface area contributed by atoms with Crippen LogP contribution in [0.15, 0.2) is 42.5 Å². The second-order valence-corrected chi connectivity index (χ2v) is 6.48. The molecule has 1 aliphatic heterocycles. The Hall–Kier alpha value is -2.57. The van der Waals surface area contributed by atoms with E-state index in [1.54, 1.807) is 28.9 Å². The molecule has 2 heterocycles. The van der Waals surface area contributed by atoms with Gasteiger partial charge in [0.2, 0.25) is 0 Å². The van der Waals surface area contributed by atoms with Gasteiger partial charge in [0.25, 0.3) is 5.69 Å². The Morgan fingerprint density at radius 1 is 1.12 bits per heavy atom. The van der Waals surface area contributed by atoms with Crippen molar-refractivity contribution in [1.29, 1.82) is 0 Å². The molecule has 3 aromatic rings. The molecule has 1 aromatic heterocycles. The summed E-state index contributed by atoms with van der Waals surface area (Å²) in [5, 5.41) is 19.8. The number of nitrogens with one attached hydrogen (secondary N) is 1. The van der Waals surface area contributed by atoms with Gasteiger partial charge >= 0.3 is 0 Å². The van der Waals surface area contributed by atoms with Gasteiger partial charge in [-0.25, -0.2) is 4.68 Å². The second kappa shape index (κ2) is 6.06. The highest BCUT2D eigenvalue weighted by Crippen LogP contribution is 2.36. The first-order valence-electron chi connectivity index (χ1n) is 7.60. The van der Waals surface area contributed by atoms with Gasteiger partial charge in [0.15, 0.2) is 0 Å². The standard InChI is InChI=1S/C17H12Cl2N4O2/c18-14-6-1-10(9-15(14)19)16-13-7-8-20-17(13)22(21-16)11-2-4-12(5-3-11)23(24)25/h1-6,9,20H,7-8H2. The molecule has 6 nitrogen and oxygen atoms in total. The minimum atomic E-state index is -0.420. The SMILES string of the molecule is O=[N+]([O-])c1ccc(-n2nc(-c3ccc(Cl)c(Cl)c3)c3c2NCC3)cc1. The van der Waals surface area contributed by atoms with Crippen LogP contribution in [0.25, 0.3) is 16.9 Å². The molecule has 8 heteroatoms. The van der Waals surface area contributed by atoms with Crippen LogP contribution in [0, 0.1) is 10.1 Å². The van der Waals surface area contributed by atoms with E-state index in [9.17, 15) is 10.1 Å². The lowest BCUT2D eigenvalue weighted by molar-refractivity contribution is -0.384. The van der Waals surface area contributed by atoms with Crippen molar-refractivity contribution in [3.63, 3.8) is 0 Å². The van der Waals surface area contributed by atoms with Crippen molar-refractivity contribution in [2.45, 2.75) is 6.42 Å². The Bertz CT molecular complexity index is 983. The molecule has 0 fully saturated rings. The van der Waals surface area contributed by atoms with Gasteiger partial charge in [0, 0.05) is 29.8 Å². The highest BCUT2D eigenvalue weighted by Gasteiger charge is 2.24. The number of nitro benzene ring substituents is 1. The molecular formula is C17H12Cl2N4O2. The van der Waals surface area contributed by atoms with Crippen molar-refractivity contribution in [1.82, 2.24) is 9.78 Å². The van der Waals surface area contributed by atoms with E-state index >= 15 is 0 Å². The lowest BCUT2D eigenvalue weighted by Crippen LogP contribution is -2.04. The summed E-state index contributed by atoms with van der Waals surface area (Å²) >= 11 is 12.1. The molecule has 0 bridgehead atoms. The molecule has 0 saturated heterocycles. The number of benzene rings is 2. The van der Waals surface area contributed by atoms with Crippen LogP contribution in [0.1, 0.15) is 5.56 Å². The molecule has 1 N–H and O–H groups in total. The number of rotatable bonds is 3. The summed E-state index contributed by atoms with van der Waals surface area (Å²) in [7, 11) is 0. The fourth-order valence-electron chi connectivity index (χ4n) is 2.95. The first kappa shape index (κ1) is 15.9. The number of halogens is 2. The Labute approximate surface area is 153 Å². The van der Waals surface area contributed by atoms with Gasteiger partial charge in [0.05, 0.1) is 26.3 Å². The summed E-state index contributed by atoms with van der Waals surface area (Å²) in [5.74, 6) is 0.898. The topological polar surface area (TPSA) is 73.0 Å². The molecule has 0 unspecified atom stereocenters. The number of fused-ring (bicyclic) bond motifs is 1. The van der Waals surface area contributed by atoms with Crippen molar-refractivity contribution in [2.24, 2.45) is 0 Å². The third-order valence-corrected chi connectivity index (χ3v) is 4.89. The van der Waals surface area contributed by atoms with E-state index in [1.165, 1.54) is 12.1 Å². The van der Waals surface area contributed by atoms with Crippen LogP contribution in [0.5, 0.6) is 0 Å². The normalized spacial score (nSPS) is 12.7. The van der Waals surface area contributed by atoms with Crippen LogP contribution < -0.4 is 5.32 Å². The van der Waals surface area contributed by atoms with Crippen molar-refractivity contribution in [3.05, 3.63) is 68.2 Å². The van der Waals surface area contributed by atoms with E-state index in [0.29, 0.717) is 10.0 Å². The van der Waals surface area contributed by atoms with Crippen molar-refractivity contribution >= 4 is 34.7 Å². The third kappa shape index (κ3) is 2.73. The van der Waals surface area contributed by atoms with Crippen LogP contribution in [0.3, 0.4) is 0 Å². The monoisotopic (exact) mass is 374 g/mol. The summed E-state index contributed by atoms with van der Waals surface area (Å²) in [6.07, 6.45) is 0.845. The summed E-state index contributed by atoms with van der Waals surface area (Å²) in [6, 6.07) is 11.7. The maximum Gasteiger partial charge on any atom is 0.269 e. The molecule has 0 radical (unpaired) electrons. The van der Waals surface area contributed by atoms with Crippen LogP contribution in [-0.4, -0.2) is 21.2 Å². The largest absolute Gasteiger partial charge is 0.369 e. The highest BCUT2D eigenvalue weighted by molar-refractivity contribution is 6.42. The minimum absolute atomic E-state index is 0.0465. The summed E-state index contributed by atoms with van der Waals surface area (Å²) < 4.78 is 1.77. The molecule has 25 heavy (non-hydrogen) atoms. The fourth-order valence-corrected chi connectivity index (χ4v) is 3.25. The Morgan fingerprint density at radius 3 is 2.56 bits per heavy atom. The van der Waals surface area contributed by atoms with Gasteiger partial charge in [-0.2, -0.15) is 5.10 Å². The first-order chi connectivity index (χ1) is 12.0. The van der Waals surface area contributed by atoms with Crippen LogP contribution in [0.2, 0.25) is 10.0 Å². The van der Waals surface area contributed by atoms with Gasteiger partial charge in [-0.15, -0.1) is 0 Å². The third-order valence-electron chi connectivity index (χ3n) is 4.15. The number of non-ortho nitro benzene ring substituents is 1. The van der Waals surface area contributed by atoms with Gasteiger partial charge in [0.1, 0.15) is 5.82 Å². The second-order valence-electron chi connectivity index (χ2n) is 5.67. The summed E-state index contributed by atoms with van der Waals surface area (Å²) in [5.41, 5.74) is 3.61. The quantitative estimate of drug-likeness (QED) is 0.531. The smallest absolute Gasteiger partial charge is 0.269 e. The van der Waals surface area contributed by atoms with Crippen molar-refractivity contribution in [2.75, 3.05) is 11.9 Å². The Balaban J connectivity index is 1.82. The molecule has 2 aromatic carbocycles. The number of hydrogen-bond acceptors (Lipinski definition) is 4. The number of nitro groups is 1. The Morgan fingerprint density at radius 2 is 1.88 bits per heavy atom. The van der Waals surface area contributed by atoms with Crippen LogP contribution in [-0.2, 0) is 6.42 Å². The van der Waals surface area contributed by atoms with E-state index < -0.39 is 4.92 Å². The van der Waals surface area contributed by atoms with E-state index in [1.807, 2.05) is 6.07 Å². The highest BCUT2D eigenvalue weighted by atomic mass is 35.5. The summed E-state index contributed by atoms with van der Waals surface area (Å²) in [6.45, 7) is 0.814. The average molecular weight is 375 g/mol. The first-order valence-corrected chi connectivity index (χ1v) is 8.36. The number of nitrogens with zero attached hydrogens (tertiary/aromatic N) is 3.